The highest BCUT2D eigenvalue weighted by molar-refractivity contribution is 7.09. The highest BCUT2D eigenvalue weighted by Gasteiger charge is 2.12. The Hall–Kier alpha value is -2.08. The van der Waals surface area contributed by atoms with Gasteiger partial charge in [-0.25, -0.2) is 4.79 Å². The van der Waals surface area contributed by atoms with E-state index in [0.717, 1.165) is 10.6 Å². The van der Waals surface area contributed by atoms with Crippen LogP contribution < -0.4 is 15.4 Å². The van der Waals surface area contributed by atoms with Gasteiger partial charge in [0.25, 0.3) is 0 Å². The topological polar surface area (TPSA) is 63.2 Å². The van der Waals surface area contributed by atoms with Crippen LogP contribution in [0.25, 0.3) is 0 Å². The van der Waals surface area contributed by atoms with Crippen LogP contribution in [0.2, 0.25) is 0 Å². The molecule has 0 saturated carbocycles. The van der Waals surface area contributed by atoms with Crippen molar-refractivity contribution in [3.63, 3.8) is 0 Å². The predicted molar refractivity (Wildman–Crippen MR) is 93.0 cm³/mol. The number of rotatable bonds is 6. The minimum absolute atomic E-state index is 0.135. The van der Waals surface area contributed by atoms with E-state index in [0.29, 0.717) is 19.7 Å². The maximum atomic E-state index is 11.6. The van der Waals surface area contributed by atoms with Crippen molar-refractivity contribution in [2.45, 2.75) is 32.7 Å². The van der Waals surface area contributed by atoms with Crippen molar-refractivity contribution in [3.8, 4) is 5.75 Å². The third-order valence-electron chi connectivity index (χ3n) is 3.28. The van der Waals surface area contributed by atoms with Crippen LogP contribution in [0.15, 0.2) is 36.0 Å². The number of nitrogens with zero attached hydrogens (tertiary/aromatic N) is 1. The Labute approximate surface area is 141 Å². The second-order valence-corrected chi connectivity index (χ2v) is 7.17. The van der Waals surface area contributed by atoms with Gasteiger partial charge >= 0.3 is 6.03 Å². The Morgan fingerprint density at radius 1 is 1.22 bits per heavy atom. The van der Waals surface area contributed by atoms with Crippen molar-refractivity contribution in [1.29, 1.82) is 0 Å². The van der Waals surface area contributed by atoms with Gasteiger partial charge in [-0.05, 0) is 23.1 Å². The monoisotopic (exact) mass is 333 g/mol. The number of carbonyl (C=O) groups excluding carboxylic acids is 1. The number of thiazole rings is 1. The molecule has 2 aromatic rings. The summed E-state index contributed by atoms with van der Waals surface area (Å²) < 4.78 is 5.62. The predicted octanol–water partition coefficient (Wildman–Crippen LogP) is 3.32. The lowest BCUT2D eigenvalue weighted by Crippen LogP contribution is -2.37. The molecule has 2 amide bonds. The average molecular weight is 333 g/mol. The first-order chi connectivity index (χ1) is 10.9. The molecule has 2 N–H and O–H groups in total. The van der Waals surface area contributed by atoms with Gasteiger partial charge in [-0.15, -0.1) is 11.3 Å². The summed E-state index contributed by atoms with van der Waals surface area (Å²) in [6.07, 6.45) is 1.75. The van der Waals surface area contributed by atoms with Gasteiger partial charge in [0, 0.05) is 11.1 Å². The lowest BCUT2D eigenvalue weighted by molar-refractivity contribution is 0.236. The summed E-state index contributed by atoms with van der Waals surface area (Å²) in [6, 6.07) is 7.87. The van der Waals surface area contributed by atoms with E-state index < -0.39 is 0 Å². The van der Waals surface area contributed by atoms with Gasteiger partial charge < -0.3 is 15.4 Å². The van der Waals surface area contributed by atoms with Gasteiger partial charge in [-0.1, -0.05) is 32.9 Å². The van der Waals surface area contributed by atoms with E-state index >= 15 is 0 Å². The molecule has 0 fully saturated rings. The summed E-state index contributed by atoms with van der Waals surface area (Å²) in [5.74, 6) is 0.810. The molecule has 0 aliphatic carbocycles. The number of aromatic nitrogens is 1. The Morgan fingerprint density at radius 3 is 2.57 bits per heavy atom. The van der Waals surface area contributed by atoms with Crippen LogP contribution in [-0.2, 0) is 12.0 Å². The van der Waals surface area contributed by atoms with Crippen molar-refractivity contribution in [3.05, 3.63) is 46.4 Å². The summed E-state index contributed by atoms with van der Waals surface area (Å²) >= 11 is 1.51. The van der Waals surface area contributed by atoms with Crippen LogP contribution in [0.3, 0.4) is 0 Å². The summed E-state index contributed by atoms with van der Waals surface area (Å²) in [4.78, 5) is 16.6. The zero-order chi connectivity index (χ0) is 16.7. The molecule has 6 heteroatoms. The zero-order valence-corrected chi connectivity index (χ0v) is 14.6. The van der Waals surface area contributed by atoms with Gasteiger partial charge in [0.1, 0.15) is 12.4 Å². The molecule has 0 atom stereocenters. The Balaban J connectivity index is 1.64. The number of hydrogen-bond acceptors (Lipinski definition) is 4. The third-order valence-corrected chi connectivity index (χ3v) is 4.06. The number of benzene rings is 1. The summed E-state index contributed by atoms with van der Waals surface area (Å²) in [5, 5.41) is 5.53. The van der Waals surface area contributed by atoms with Crippen molar-refractivity contribution >= 4 is 17.4 Å². The van der Waals surface area contributed by atoms with Crippen LogP contribution in [0.5, 0.6) is 5.75 Å². The molecule has 23 heavy (non-hydrogen) atoms. The molecule has 1 heterocycles. The van der Waals surface area contributed by atoms with Crippen molar-refractivity contribution in [2.24, 2.45) is 0 Å². The van der Waals surface area contributed by atoms with Gasteiger partial charge in [-0.2, -0.15) is 0 Å². The highest BCUT2D eigenvalue weighted by atomic mass is 32.1. The number of carbonyl (C=O) groups is 1. The first-order valence-corrected chi connectivity index (χ1v) is 8.45. The molecule has 0 spiro atoms. The minimum atomic E-state index is -0.204. The first-order valence-electron chi connectivity index (χ1n) is 7.57. The lowest BCUT2D eigenvalue weighted by Gasteiger charge is -2.19. The highest BCUT2D eigenvalue weighted by Crippen LogP contribution is 2.24. The fourth-order valence-corrected chi connectivity index (χ4v) is 2.48. The van der Waals surface area contributed by atoms with Crippen molar-refractivity contribution < 1.29 is 9.53 Å². The summed E-state index contributed by atoms with van der Waals surface area (Å²) in [7, 11) is 0. The number of ether oxygens (including phenoxy) is 1. The first kappa shape index (κ1) is 17.3. The number of hydrogen-bond donors (Lipinski definition) is 2. The van der Waals surface area contributed by atoms with Crippen LogP contribution in [-0.4, -0.2) is 24.2 Å². The summed E-state index contributed by atoms with van der Waals surface area (Å²) in [6.45, 7) is 7.91. The smallest absolute Gasteiger partial charge is 0.315 e. The Kier molecular flexibility index (Phi) is 5.98. The normalized spacial score (nSPS) is 11.1. The Bertz CT molecular complexity index is 604. The lowest BCUT2D eigenvalue weighted by atomic mass is 9.87. The van der Waals surface area contributed by atoms with Crippen LogP contribution >= 0.6 is 11.3 Å². The molecule has 2 rings (SSSR count). The fourth-order valence-electron chi connectivity index (χ4n) is 1.94. The standard InChI is InChI=1S/C17H23N3O2S/c1-17(2,3)13-4-6-14(7-5-13)22-9-8-19-16(21)20-11-15-10-18-12-23-15/h4-7,10,12H,8-9,11H2,1-3H3,(H2,19,20,21). The van der Waals surface area contributed by atoms with Crippen LogP contribution in [0.4, 0.5) is 4.79 Å². The number of nitrogens with one attached hydrogen (secondary N) is 2. The molecule has 1 aromatic carbocycles. The maximum absolute atomic E-state index is 11.6. The van der Waals surface area contributed by atoms with Gasteiger partial charge in [0.2, 0.25) is 0 Å². The van der Waals surface area contributed by atoms with Crippen molar-refractivity contribution in [2.75, 3.05) is 13.2 Å². The molecule has 0 aliphatic heterocycles. The van der Waals surface area contributed by atoms with Gasteiger partial charge in [0.15, 0.2) is 0 Å². The van der Waals surface area contributed by atoms with E-state index in [1.165, 1.54) is 16.9 Å². The average Bonchev–Trinajstić information content (AvgIpc) is 3.02. The van der Waals surface area contributed by atoms with E-state index in [1.807, 2.05) is 12.1 Å². The molecular formula is C17H23N3O2S. The molecule has 0 saturated heterocycles. The van der Waals surface area contributed by atoms with E-state index in [-0.39, 0.29) is 11.4 Å². The van der Waals surface area contributed by atoms with Gasteiger partial charge in [0.05, 0.1) is 18.6 Å². The number of urea groups is 1. The number of amides is 2. The van der Waals surface area contributed by atoms with Gasteiger partial charge in [-0.3, -0.25) is 4.98 Å². The molecular weight excluding hydrogens is 310 g/mol. The maximum Gasteiger partial charge on any atom is 0.315 e. The molecule has 0 radical (unpaired) electrons. The quantitative estimate of drug-likeness (QED) is 0.797. The van der Waals surface area contributed by atoms with E-state index in [2.05, 4.69) is 48.5 Å². The zero-order valence-electron chi connectivity index (χ0n) is 13.8. The van der Waals surface area contributed by atoms with Crippen LogP contribution in [0.1, 0.15) is 31.2 Å². The molecule has 124 valence electrons. The second-order valence-electron chi connectivity index (χ2n) is 6.20. The molecule has 0 aliphatic rings. The SMILES string of the molecule is CC(C)(C)c1ccc(OCCNC(=O)NCc2cncs2)cc1. The third kappa shape index (κ3) is 5.90. The molecule has 0 unspecified atom stereocenters. The van der Waals surface area contributed by atoms with Crippen molar-refractivity contribution in [1.82, 2.24) is 15.6 Å². The fraction of sp³-hybridized carbons (Fsp3) is 0.412. The van der Waals surface area contributed by atoms with E-state index in [1.54, 1.807) is 11.7 Å². The Morgan fingerprint density at radius 2 is 1.96 bits per heavy atom. The van der Waals surface area contributed by atoms with E-state index in [4.69, 9.17) is 4.74 Å². The molecule has 1 aromatic heterocycles. The molecule has 5 nitrogen and oxygen atoms in total. The van der Waals surface area contributed by atoms with Crippen LogP contribution in [0, 0.1) is 0 Å². The van der Waals surface area contributed by atoms with E-state index in [9.17, 15) is 4.79 Å². The largest absolute Gasteiger partial charge is 0.492 e. The second kappa shape index (κ2) is 7.97. The minimum Gasteiger partial charge on any atom is -0.492 e. The molecule has 0 bridgehead atoms. The summed E-state index contributed by atoms with van der Waals surface area (Å²) in [5.41, 5.74) is 3.15.